The molecule has 0 spiro atoms. The first-order valence-corrected chi connectivity index (χ1v) is 7.64. The van der Waals surface area contributed by atoms with Crippen LogP contribution in [0.1, 0.15) is 12.5 Å². The van der Waals surface area contributed by atoms with E-state index in [9.17, 15) is 24.1 Å². The number of halogens is 2. The van der Waals surface area contributed by atoms with Crippen LogP contribution in [0, 0.1) is 15.9 Å². The lowest BCUT2D eigenvalue weighted by molar-refractivity contribution is -0.384. The van der Waals surface area contributed by atoms with E-state index < -0.39 is 22.6 Å². The molecule has 2 amide bonds. The van der Waals surface area contributed by atoms with Crippen LogP contribution >= 0.6 is 11.6 Å². The Morgan fingerprint density at radius 3 is 2.58 bits per heavy atom. The summed E-state index contributed by atoms with van der Waals surface area (Å²) in [5.41, 5.74) is 0.349. The fourth-order valence-electron chi connectivity index (χ4n) is 2.02. The molecule has 0 atom stereocenters. The Kier molecular flexibility index (Phi) is 6.03. The summed E-state index contributed by atoms with van der Waals surface area (Å²) in [5.74, 6) is -1.62. The van der Waals surface area contributed by atoms with Crippen molar-refractivity contribution in [3.05, 3.63) is 69.0 Å². The minimum absolute atomic E-state index is 0.00610. The van der Waals surface area contributed by atoms with Gasteiger partial charge in [-0.1, -0.05) is 17.7 Å². The standard InChI is InChI=1S/C17H13ClFN3O4/c1-10(23)20-15-9-12(4-6-14(15)19)21-17(24)7-3-11-2-5-13(18)16(8-11)22(25)26/h2-9H,1H3,(H,20,23)(H,21,24)/b7-3+. The molecule has 7 nitrogen and oxygen atoms in total. The van der Waals surface area contributed by atoms with Crippen molar-refractivity contribution in [2.24, 2.45) is 0 Å². The number of amides is 2. The lowest BCUT2D eigenvalue weighted by Crippen LogP contribution is -2.10. The minimum atomic E-state index is -0.637. The van der Waals surface area contributed by atoms with E-state index in [4.69, 9.17) is 11.6 Å². The largest absolute Gasteiger partial charge is 0.324 e. The molecule has 2 N–H and O–H groups in total. The van der Waals surface area contributed by atoms with Gasteiger partial charge in [-0.15, -0.1) is 0 Å². The van der Waals surface area contributed by atoms with Crippen molar-refractivity contribution in [2.75, 3.05) is 10.6 Å². The highest BCUT2D eigenvalue weighted by molar-refractivity contribution is 6.32. The highest BCUT2D eigenvalue weighted by Gasteiger charge is 2.12. The summed E-state index contributed by atoms with van der Waals surface area (Å²) in [6.07, 6.45) is 2.53. The molecule has 2 aromatic carbocycles. The summed E-state index contributed by atoms with van der Waals surface area (Å²) in [5, 5.41) is 15.6. The van der Waals surface area contributed by atoms with Crippen LogP contribution < -0.4 is 10.6 Å². The van der Waals surface area contributed by atoms with Gasteiger partial charge in [-0.25, -0.2) is 4.39 Å². The number of carbonyl (C=O) groups excluding carboxylic acids is 2. The maximum atomic E-state index is 13.6. The van der Waals surface area contributed by atoms with Crippen LogP contribution in [0.3, 0.4) is 0 Å². The predicted molar refractivity (Wildman–Crippen MR) is 96.5 cm³/mol. The zero-order valence-corrected chi connectivity index (χ0v) is 14.2. The maximum Gasteiger partial charge on any atom is 0.288 e. The van der Waals surface area contributed by atoms with Crippen molar-refractivity contribution in [3.8, 4) is 0 Å². The Morgan fingerprint density at radius 2 is 1.92 bits per heavy atom. The van der Waals surface area contributed by atoms with Crippen molar-refractivity contribution in [3.63, 3.8) is 0 Å². The molecule has 2 rings (SSSR count). The topological polar surface area (TPSA) is 101 Å². The van der Waals surface area contributed by atoms with Gasteiger partial charge < -0.3 is 10.6 Å². The Balaban J connectivity index is 2.11. The minimum Gasteiger partial charge on any atom is -0.324 e. The molecule has 134 valence electrons. The highest BCUT2D eigenvalue weighted by Crippen LogP contribution is 2.25. The molecule has 0 aromatic heterocycles. The fraction of sp³-hybridized carbons (Fsp3) is 0.0588. The normalized spacial score (nSPS) is 10.6. The van der Waals surface area contributed by atoms with Crippen LogP contribution in [0.15, 0.2) is 42.5 Å². The third-order valence-electron chi connectivity index (χ3n) is 3.14. The first kappa shape index (κ1) is 19.1. The van der Waals surface area contributed by atoms with Crippen LogP contribution in [-0.4, -0.2) is 16.7 Å². The van der Waals surface area contributed by atoms with Gasteiger partial charge in [-0.2, -0.15) is 0 Å². The monoisotopic (exact) mass is 377 g/mol. The molecule has 0 saturated heterocycles. The Hall–Kier alpha value is -3.26. The van der Waals surface area contributed by atoms with Gasteiger partial charge in [-0.3, -0.25) is 19.7 Å². The second-order valence-corrected chi connectivity index (χ2v) is 5.57. The first-order valence-electron chi connectivity index (χ1n) is 7.26. The number of nitrogens with zero attached hydrogens (tertiary/aromatic N) is 1. The van der Waals surface area contributed by atoms with Crippen molar-refractivity contribution >= 4 is 46.6 Å². The van der Waals surface area contributed by atoms with E-state index >= 15 is 0 Å². The van der Waals surface area contributed by atoms with E-state index in [0.717, 1.165) is 12.1 Å². The zero-order valence-electron chi connectivity index (χ0n) is 13.5. The van der Waals surface area contributed by atoms with Crippen molar-refractivity contribution in [1.29, 1.82) is 0 Å². The van der Waals surface area contributed by atoms with Gasteiger partial charge in [0, 0.05) is 24.8 Å². The quantitative estimate of drug-likeness (QED) is 0.467. The fourth-order valence-corrected chi connectivity index (χ4v) is 2.20. The maximum absolute atomic E-state index is 13.6. The molecule has 0 fully saturated rings. The third kappa shape index (κ3) is 5.12. The van der Waals surface area contributed by atoms with E-state index in [-0.39, 0.29) is 22.1 Å². The molecular weight excluding hydrogens is 365 g/mol. The summed E-state index contributed by atoms with van der Waals surface area (Å²) in [7, 11) is 0. The molecule has 0 radical (unpaired) electrons. The number of benzene rings is 2. The second-order valence-electron chi connectivity index (χ2n) is 5.17. The summed E-state index contributed by atoms with van der Waals surface area (Å²) in [6, 6.07) is 7.82. The van der Waals surface area contributed by atoms with Crippen LogP contribution in [0.5, 0.6) is 0 Å². The van der Waals surface area contributed by atoms with Gasteiger partial charge in [0.15, 0.2) is 0 Å². The number of nitro groups is 1. The van der Waals surface area contributed by atoms with E-state index in [1.165, 1.54) is 43.3 Å². The van der Waals surface area contributed by atoms with Gasteiger partial charge in [0.1, 0.15) is 10.8 Å². The Bertz CT molecular complexity index is 915. The number of hydrogen-bond acceptors (Lipinski definition) is 4. The van der Waals surface area contributed by atoms with Crippen LogP contribution in [0.25, 0.3) is 6.08 Å². The summed E-state index contributed by atoms with van der Waals surface area (Å²) >= 11 is 5.72. The number of nitrogens with one attached hydrogen (secondary N) is 2. The van der Waals surface area contributed by atoms with E-state index in [0.29, 0.717) is 5.56 Å². The number of carbonyl (C=O) groups is 2. The molecule has 0 aliphatic heterocycles. The van der Waals surface area contributed by atoms with Crippen LogP contribution in [-0.2, 0) is 9.59 Å². The predicted octanol–water partition coefficient (Wildman–Crippen LogP) is 4.00. The molecule has 2 aromatic rings. The van der Waals surface area contributed by atoms with Crippen molar-refractivity contribution in [1.82, 2.24) is 0 Å². The number of anilines is 2. The number of hydrogen-bond donors (Lipinski definition) is 2. The molecular formula is C17H13ClFN3O4. The molecule has 0 saturated carbocycles. The van der Waals surface area contributed by atoms with Crippen LogP contribution in [0.2, 0.25) is 5.02 Å². The van der Waals surface area contributed by atoms with Crippen LogP contribution in [0.4, 0.5) is 21.5 Å². The molecule has 0 bridgehead atoms. The smallest absolute Gasteiger partial charge is 0.288 e. The summed E-state index contributed by atoms with van der Waals surface area (Å²) < 4.78 is 13.6. The van der Waals surface area contributed by atoms with E-state index in [1.807, 2.05) is 0 Å². The SMILES string of the molecule is CC(=O)Nc1cc(NC(=O)/C=C/c2ccc(Cl)c([N+](=O)[O-])c2)ccc1F. The Labute approximate surface area is 152 Å². The summed E-state index contributed by atoms with van der Waals surface area (Å²) in [4.78, 5) is 33.2. The Morgan fingerprint density at radius 1 is 1.19 bits per heavy atom. The average Bonchev–Trinajstić information content (AvgIpc) is 2.56. The zero-order chi connectivity index (χ0) is 19.3. The third-order valence-corrected chi connectivity index (χ3v) is 3.46. The lowest BCUT2D eigenvalue weighted by Gasteiger charge is -2.07. The van der Waals surface area contributed by atoms with Gasteiger partial charge in [0.2, 0.25) is 11.8 Å². The van der Waals surface area contributed by atoms with Gasteiger partial charge in [-0.05, 0) is 35.9 Å². The molecule has 9 heteroatoms. The number of rotatable bonds is 5. The van der Waals surface area contributed by atoms with Crippen molar-refractivity contribution < 1.29 is 18.9 Å². The van der Waals surface area contributed by atoms with Gasteiger partial charge >= 0.3 is 0 Å². The molecule has 0 aliphatic carbocycles. The van der Waals surface area contributed by atoms with Gasteiger partial charge in [0.05, 0.1) is 10.6 Å². The molecule has 0 heterocycles. The van der Waals surface area contributed by atoms with Gasteiger partial charge in [0.25, 0.3) is 5.69 Å². The summed E-state index contributed by atoms with van der Waals surface area (Å²) in [6.45, 7) is 1.23. The lowest BCUT2D eigenvalue weighted by atomic mass is 10.2. The van der Waals surface area contributed by atoms with E-state index in [2.05, 4.69) is 10.6 Å². The molecule has 26 heavy (non-hydrogen) atoms. The second kappa shape index (κ2) is 8.21. The van der Waals surface area contributed by atoms with Crippen molar-refractivity contribution in [2.45, 2.75) is 6.92 Å². The average molecular weight is 378 g/mol. The highest BCUT2D eigenvalue weighted by atomic mass is 35.5. The molecule has 0 unspecified atom stereocenters. The molecule has 0 aliphatic rings. The number of nitro benzene ring substituents is 1. The van der Waals surface area contributed by atoms with E-state index in [1.54, 1.807) is 0 Å². The first-order chi connectivity index (χ1) is 12.3.